The molecule has 2 aromatic heterocycles. The molecule has 3 heterocycles. The predicted octanol–water partition coefficient (Wildman–Crippen LogP) is 7.72. The van der Waals surface area contributed by atoms with Gasteiger partial charge in [0.1, 0.15) is 23.4 Å². The molecule has 0 radical (unpaired) electrons. The highest BCUT2D eigenvalue weighted by molar-refractivity contribution is 7.16. The number of aryl methyl sites for hydroxylation is 1. The Hall–Kier alpha value is -3.95. The van der Waals surface area contributed by atoms with Crippen LogP contribution in [0, 0.1) is 6.92 Å². The van der Waals surface area contributed by atoms with Crippen LogP contribution in [0.25, 0.3) is 32.2 Å². The number of hydrogen-bond acceptors (Lipinski definition) is 8. The number of rotatable bonds is 4. The maximum atomic E-state index is 12.6. The molecular formula is C31H30ClN5O3S. The monoisotopic (exact) mass is 587 g/mol. The number of anilines is 1. The fourth-order valence-corrected chi connectivity index (χ4v) is 5.81. The van der Waals surface area contributed by atoms with Crippen molar-refractivity contribution >= 4 is 55.8 Å². The van der Waals surface area contributed by atoms with E-state index in [1.165, 1.54) is 0 Å². The fourth-order valence-electron chi connectivity index (χ4n) is 4.93. The zero-order valence-electron chi connectivity index (χ0n) is 23.3. The number of carbonyl (C=O) groups excluding carboxylic acids is 1. The molecule has 10 heteroatoms. The van der Waals surface area contributed by atoms with E-state index in [1.54, 1.807) is 22.6 Å². The van der Waals surface area contributed by atoms with Gasteiger partial charge in [0.15, 0.2) is 0 Å². The normalized spacial score (nSPS) is 14.1. The molecule has 6 rings (SSSR count). The highest BCUT2D eigenvalue weighted by atomic mass is 35.5. The molecule has 0 unspecified atom stereocenters. The lowest BCUT2D eigenvalue weighted by atomic mass is 9.99. The van der Waals surface area contributed by atoms with Crippen molar-refractivity contribution in [2.45, 2.75) is 33.3 Å². The van der Waals surface area contributed by atoms with Gasteiger partial charge in [0.05, 0.1) is 26.3 Å². The van der Waals surface area contributed by atoms with Gasteiger partial charge in [-0.05, 0) is 69.7 Å². The number of ether oxygens (including phenoxy) is 2. The summed E-state index contributed by atoms with van der Waals surface area (Å²) in [4.78, 5) is 30.1. The molecule has 8 nitrogen and oxygen atoms in total. The van der Waals surface area contributed by atoms with Crippen LogP contribution in [-0.4, -0.2) is 57.7 Å². The molecular weight excluding hydrogens is 558 g/mol. The van der Waals surface area contributed by atoms with Gasteiger partial charge >= 0.3 is 6.09 Å². The Balaban J connectivity index is 1.29. The van der Waals surface area contributed by atoms with Gasteiger partial charge in [-0.15, -0.1) is 11.3 Å². The van der Waals surface area contributed by atoms with Crippen LogP contribution in [0.15, 0.2) is 60.4 Å². The standard InChI is InChI=1S/C31H30ClN5O3S/c1-19-23-14-21(36-9-11-37(12-10-36)30(38)40-31(2,3)4)15-24(29(23)34-17-33-19)20-5-7-27(25(32)13-20)39-22-6-8-28-26(16-22)35-18-41-28/h5-8,13-18H,9-12H2,1-4H3. The van der Waals surface area contributed by atoms with E-state index in [4.69, 9.17) is 21.1 Å². The summed E-state index contributed by atoms with van der Waals surface area (Å²) in [6.45, 7) is 10.2. The van der Waals surface area contributed by atoms with Crippen LogP contribution in [0.4, 0.5) is 10.5 Å². The SMILES string of the molecule is Cc1ncnc2c(-c3ccc(Oc4ccc5scnc5c4)c(Cl)c3)cc(N3CCN(C(=O)OC(C)(C)C)CC3)cc12. The van der Waals surface area contributed by atoms with E-state index in [0.717, 1.165) is 43.6 Å². The van der Waals surface area contributed by atoms with Gasteiger partial charge in [-0.1, -0.05) is 17.7 Å². The molecule has 210 valence electrons. The van der Waals surface area contributed by atoms with E-state index in [9.17, 15) is 4.79 Å². The molecule has 0 bridgehead atoms. The molecule has 1 amide bonds. The lowest BCUT2D eigenvalue weighted by molar-refractivity contribution is 0.0240. The third-order valence-corrected chi connectivity index (χ3v) is 8.10. The molecule has 3 aromatic carbocycles. The highest BCUT2D eigenvalue weighted by Gasteiger charge is 2.26. The summed E-state index contributed by atoms with van der Waals surface area (Å²) in [6.07, 6.45) is 1.32. The molecule has 0 aliphatic carbocycles. The fraction of sp³-hybridized carbons (Fsp3) is 0.290. The number of halogens is 1. The third-order valence-electron chi connectivity index (χ3n) is 6.99. The average Bonchev–Trinajstić information content (AvgIpc) is 3.41. The van der Waals surface area contributed by atoms with Crippen molar-refractivity contribution in [3.8, 4) is 22.6 Å². The van der Waals surface area contributed by atoms with Gasteiger partial charge in [0.25, 0.3) is 0 Å². The minimum absolute atomic E-state index is 0.274. The third kappa shape index (κ3) is 5.78. The van der Waals surface area contributed by atoms with E-state index in [-0.39, 0.29) is 6.09 Å². The van der Waals surface area contributed by atoms with Crippen LogP contribution >= 0.6 is 22.9 Å². The van der Waals surface area contributed by atoms with Gasteiger partial charge in [0.2, 0.25) is 0 Å². The number of fused-ring (bicyclic) bond motifs is 2. The molecule has 1 fully saturated rings. The first-order chi connectivity index (χ1) is 19.6. The molecule has 0 N–H and O–H groups in total. The summed E-state index contributed by atoms with van der Waals surface area (Å²) in [5.74, 6) is 1.24. The molecule has 41 heavy (non-hydrogen) atoms. The minimum Gasteiger partial charge on any atom is -0.456 e. The maximum absolute atomic E-state index is 12.6. The van der Waals surface area contributed by atoms with Crippen LogP contribution in [0.1, 0.15) is 26.5 Å². The first-order valence-electron chi connectivity index (χ1n) is 13.4. The van der Waals surface area contributed by atoms with Gasteiger partial charge < -0.3 is 19.3 Å². The predicted molar refractivity (Wildman–Crippen MR) is 164 cm³/mol. The van der Waals surface area contributed by atoms with E-state index in [1.807, 2.05) is 69.6 Å². The van der Waals surface area contributed by atoms with Crippen LogP contribution in [0.5, 0.6) is 11.5 Å². The molecule has 1 aliphatic rings. The second kappa shape index (κ2) is 10.8. The Bertz CT molecular complexity index is 1760. The quantitative estimate of drug-likeness (QED) is 0.213. The molecule has 1 saturated heterocycles. The molecule has 0 atom stereocenters. The second-order valence-electron chi connectivity index (χ2n) is 11.0. The van der Waals surface area contributed by atoms with Crippen LogP contribution in [0.3, 0.4) is 0 Å². The summed E-state index contributed by atoms with van der Waals surface area (Å²) in [5, 5.41) is 1.47. The summed E-state index contributed by atoms with van der Waals surface area (Å²) < 4.78 is 12.8. The molecule has 0 spiro atoms. The summed E-state index contributed by atoms with van der Waals surface area (Å²) >= 11 is 8.35. The lowest BCUT2D eigenvalue weighted by Crippen LogP contribution is -2.50. The summed E-state index contributed by atoms with van der Waals surface area (Å²) in [6, 6.07) is 15.9. The Morgan fingerprint density at radius 1 is 0.976 bits per heavy atom. The lowest BCUT2D eigenvalue weighted by Gasteiger charge is -2.37. The smallest absolute Gasteiger partial charge is 0.410 e. The minimum atomic E-state index is -0.518. The van der Waals surface area contributed by atoms with Crippen LogP contribution in [-0.2, 0) is 4.74 Å². The summed E-state index contributed by atoms with van der Waals surface area (Å²) in [7, 11) is 0. The van der Waals surface area contributed by atoms with Crippen molar-refractivity contribution in [1.82, 2.24) is 19.9 Å². The topological polar surface area (TPSA) is 80.7 Å². The van der Waals surface area contributed by atoms with Gasteiger partial charge in [-0.2, -0.15) is 0 Å². The van der Waals surface area contributed by atoms with Crippen molar-refractivity contribution in [3.63, 3.8) is 0 Å². The van der Waals surface area contributed by atoms with Crippen molar-refractivity contribution < 1.29 is 14.3 Å². The Kier molecular flexibility index (Phi) is 7.17. The van der Waals surface area contributed by atoms with Crippen molar-refractivity contribution in [1.29, 1.82) is 0 Å². The molecule has 0 saturated carbocycles. The number of piperazine rings is 1. The van der Waals surface area contributed by atoms with Crippen molar-refractivity contribution in [3.05, 3.63) is 71.1 Å². The van der Waals surface area contributed by atoms with E-state index in [0.29, 0.717) is 42.7 Å². The number of benzene rings is 3. The zero-order chi connectivity index (χ0) is 28.7. The van der Waals surface area contributed by atoms with E-state index in [2.05, 4.69) is 32.0 Å². The van der Waals surface area contributed by atoms with Crippen LogP contribution < -0.4 is 9.64 Å². The Labute approximate surface area is 247 Å². The number of hydrogen-bond donors (Lipinski definition) is 0. The number of thiazole rings is 1. The summed E-state index contributed by atoms with van der Waals surface area (Å²) in [5.41, 5.74) is 6.87. The largest absolute Gasteiger partial charge is 0.456 e. The number of carbonyl (C=O) groups is 1. The maximum Gasteiger partial charge on any atom is 0.410 e. The average molecular weight is 588 g/mol. The highest BCUT2D eigenvalue weighted by Crippen LogP contribution is 2.38. The number of amides is 1. The first-order valence-corrected chi connectivity index (χ1v) is 14.7. The second-order valence-corrected chi connectivity index (χ2v) is 12.3. The van der Waals surface area contributed by atoms with E-state index >= 15 is 0 Å². The zero-order valence-corrected chi connectivity index (χ0v) is 24.9. The van der Waals surface area contributed by atoms with Gasteiger partial charge in [0, 0.05) is 54.6 Å². The molecule has 5 aromatic rings. The Morgan fingerprint density at radius 3 is 2.54 bits per heavy atom. The molecule has 1 aliphatic heterocycles. The van der Waals surface area contributed by atoms with Crippen molar-refractivity contribution in [2.75, 3.05) is 31.1 Å². The van der Waals surface area contributed by atoms with Crippen LogP contribution in [0.2, 0.25) is 5.02 Å². The van der Waals surface area contributed by atoms with Gasteiger partial charge in [-0.3, -0.25) is 0 Å². The van der Waals surface area contributed by atoms with E-state index < -0.39 is 5.60 Å². The first kappa shape index (κ1) is 27.2. The number of aromatic nitrogens is 3. The van der Waals surface area contributed by atoms with Gasteiger partial charge in [-0.25, -0.2) is 19.7 Å². The number of nitrogens with zero attached hydrogens (tertiary/aromatic N) is 5. The van der Waals surface area contributed by atoms with Crippen molar-refractivity contribution in [2.24, 2.45) is 0 Å². The Morgan fingerprint density at radius 2 is 1.78 bits per heavy atom.